The molecule has 0 aliphatic rings. The molecule has 0 radical (unpaired) electrons. The summed E-state index contributed by atoms with van der Waals surface area (Å²) >= 11 is 6.73. The van der Waals surface area contributed by atoms with E-state index in [0.717, 1.165) is 11.3 Å². The van der Waals surface area contributed by atoms with E-state index in [1.165, 1.54) is 17.3 Å². The van der Waals surface area contributed by atoms with Gasteiger partial charge in [-0.05, 0) is 69.7 Å². The highest BCUT2D eigenvalue weighted by molar-refractivity contribution is 8.22. The normalized spacial score (nSPS) is 11.0. The van der Waals surface area contributed by atoms with Crippen molar-refractivity contribution in [3.63, 3.8) is 0 Å². The second-order valence-corrected chi connectivity index (χ2v) is 8.62. The molecule has 0 bridgehead atoms. The second-order valence-electron chi connectivity index (χ2n) is 7.04. The van der Waals surface area contributed by atoms with Crippen LogP contribution in [-0.2, 0) is 15.3 Å². The molecule has 0 fully saturated rings. The van der Waals surface area contributed by atoms with Gasteiger partial charge in [-0.15, -0.1) is 0 Å². The molecule has 0 heterocycles. The van der Waals surface area contributed by atoms with Crippen molar-refractivity contribution in [2.45, 2.75) is 33.4 Å². The minimum Gasteiger partial charge on any atom is -0.457 e. The quantitative estimate of drug-likeness (QED) is 0.359. The zero-order chi connectivity index (χ0) is 19.9. The van der Waals surface area contributed by atoms with Gasteiger partial charge in [-0.25, -0.2) is 0 Å². The van der Waals surface area contributed by atoms with Crippen LogP contribution in [0.5, 0.6) is 11.5 Å². The first-order valence-corrected chi connectivity index (χ1v) is 9.94. The Kier molecular flexibility index (Phi) is 7.68. The lowest BCUT2D eigenvalue weighted by atomic mass is 9.98. The summed E-state index contributed by atoms with van der Waals surface area (Å²) in [6.45, 7) is 7.33. The predicted molar refractivity (Wildman–Crippen MR) is 113 cm³/mol. The Morgan fingerprint density at radius 3 is 2.19 bits per heavy atom. The number of hydrogen-bond acceptors (Lipinski definition) is 6. The molecule has 27 heavy (non-hydrogen) atoms. The number of carbonyl (C=O) groups is 1. The largest absolute Gasteiger partial charge is 0.457 e. The molecule has 0 saturated carbocycles. The van der Waals surface area contributed by atoms with Crippen LogP contribution in [0, 0.1) is 12.3 Å². The highest BCUT2D eigenvalue weighted by Gasteiger charge is 2.22. The summed E-state index contributed by atoms with van der Waals surface area (Å²) in [5.41, 5.74) is 1.73. The number of carbonyl (C=O) groups excluding carboxylic acids is 1. The molecule has 0 amide bonds. The van der Waals surface area contributed by atoms with Crippen LogP contribution in [-0.4, -0.2) is 17.1 Å². The Bertz CT molecular complexity index is 762. The fourth-order valence-corrected chi connectivity index (χ4v) is 2.83. The number of hydrogen-bond donors (Lipinski definition) is 0. The van der Waals surface area contributed by atoms with E-state index in [-0.39, 0.29) is 12.8 Å². The number of esters is 1. The SMILES string of the molecule is Cc1ccc(OC(=S)SCc2ccc(OCOC(=O)C(C)(C)C)cc2)cc1. The first kappa shape index (κ1) is 21.3. The van der Waals surface area contributed by atoms with Crippen molar-refractivity contribution in [1.29, 1.82) is 0 Å². The monoisotopic (exact) mass is 404 g/mol. The Labute approximate surface area is 170 Å². The predicted octanol–water partition coefficient (Wildman–Crippen LogP) is 5.52. The maximum Gasteiger partial charge on any atom is 0.314 e. The summed E-state index contributed by atoms with van der Waals surface area (Å²) in [4.78, 5) is 11.7. The van der Waals surface area contributed by atoms with Crippen molar-refractivity contribution < 1.29 is 19.0 Å². The third-order valence-corrected chi connectivity index (χ3v) is 4.76. The number of thioether (sulfide) groups is 1. The number of ether oxygens (including phenoxy) is 3. The van der Waals surface area contributed by atoms with E-state index in [2.05, 4.69) is 0 Å². The average Bonchev–Trinajstić information content (AvgIpc) is 2.62. The van der Waals surface area contributed by atoms with Gasteiger partial charge in [0.15, 0.2) is 0 Å². The molecule has 0 N–H and O–H groups in total. The van der Waals surface area contributed by atoms with Crippen LogP contribution >= 0.6 is 24.0 Å². The average molecular weight is 405 g/mol. The number of rotatable bonds is 6. The fraction of sp³-hybridized carbons (Fsp3) is 0.333. The third kappa shape index (κ3) is 7.61. The first-order chi connectivity index (χ1) is 12.7. The minimum atomic E-state index is -0.538. The topological polar surface area (TPSA) is 44.8 Å². The van der Waals surface area contributed by atoms with Crippen molar-refractivity contribution in [1.82, 2.24) is 0 Å². The van der Waals surface area contributed by atoms with E-state index >= 15 is 0 Å². The molecular weight excluding hydrogens is 380 g/mol. The molecule has 0 spiro atoms. The van der Waals surface area contributed by atoms with E-state index < -0.39 is 5.41 Å². The summed E-state index contributed by atoms with van der Waals surface area (Å²) in [6, 6.07) is 15.3. The van der Waals surface area contributed by atoms with E-state index in [1.807, 2.05) is 55.5 Å². The molecule has 0 unspecified atom stereocenters. The van der Waals surface area contributed by atoms with E-state index in [0.29, 0.717) is 15.9 Å². The summed E-state index contributed by atoms with van der Waals surface area (Å²) in [5.74, 6) is 1.79. The van der Waals surface area contributed by atoms with Gasteiger partial charge in [0.1, 0.15) is 11.5 Å². The molecule has 4 nitrogen and oxygen atoms in total. The zero-order valence-corrected chi connectivity index (χ0v) is 17.6. The van der Waals surface area contributed by atoms with Crippen molar-refractivity contribution in [3.8, 4) is 11.5 Å². The summed E-state index contributed by atoms with van der Waals surface area (Å²) in [6.07, 6.45) is 0. The molecule has 0 aliphatic carbocycles. The summed E-state index contributed by atoms with van der Waals surface area (Å²) in [7, 11) is 0. The van der Waals surface area contributed by atoms with Gasteiger partial charge in [0.2, 0.25) is 11.2 Å². The molecule has 6 heteroatoms. The van der Waals surface area contributed by atoms with E-state index in [9.17, 15) is 4.79 Å². The molecule has 0 saturated heterocycles. The standard InChI is InChI=1S/C21H24O4S2/c1-15-5-9-18(10-6-15)25-20(26)27-13-16-7-11-17(12-8-16)23-14-24-19(22)21(2,3)4/h5-12H,13-14H2,1-4H3. The summed E-state index contributed by atoms with van der Waals surface area (Å²) < 4.78 is 16.6. The van der Waals surface area contributed by atoms with Gasteiger partial charge in [-0.2, -0.15) is 0 Å². The lowest BCUT2D eigenvalue weighted by Crippen LogP contribution is -2.24. The van der Waals surface area contributed by atoms with Gasteiger partial charge in [-0.3, -0.25) is 4.79 Å². The van der Waals surface area contributed by atoms with Gasteiger partial charge >= 0.3 is 5.97 Å². The lowest BCUT2D eigenvalue weighted by molar-refractivity contribution is -0.159. The smallest absolute Gasteiger partial charge is 0.314 e. The van der Waals surface area contributed by atoms with Gasteiger partial charge in [0.05, 0.1) is 5.41 Å². The third-order valence-electron chi connectivity index (χ3n) is 3.53. The number of thiocarbonyl (C=S) groups is 1. The molecule has 0 aromatic heterocycles. The van der Waals surface area contributed by atoms with Crippen molar-refractivity contribution >= 4 is 34.3 Å². The van der Waals surface area contributed by atoms with Crippen LogP contribution in [0.25, 0.3) is 0 Å². The van der Waals surface area contributed by atoms with Crippen LogP contribution in [0.4, 0.5) is 0 Å². The van der Waals surface area contributed by atoms with Crippen LogP contribution < -0.4 is 9.47 Å². The van der Waals surface area contributed by atoms with Crippen LogP contribution in [0.3, 0.4) is 0 Å². The first-order valence-electron chi connectivity index (χ1n) is 8.54. The highest BCUT2D eigenvalue weighted by Crippen LogP contribution is 2.21. The van der Waals surface area contributed by atoms with Crippen LogP contribution in [0.1, 0.15) is 31.9 Å². The molecule has 2 aromatic carbocycles. The molecule has 2 aromatic rings. The van der Waals surface area contributed by atoms with E-state index in [1.54, 1.807) is 20.8 Å². The van der Waals surface area contributed by atoms with E-state index in [4.69, 9.17) is 26.4 Å². The minimum absolute atomic E-state index is 0.0985. The van der Waals surface area contributed by atoms with Gasteiger partial charge in [-0.1, -0.05) is 41.6 Å². The van der Waals surface area contributed by atoms with Gasteiger partial charge in [0, 0.05) is 5.75 Å². The molecule has 0 atom stereocenters. The van der Waals surface area contributed by atoms with Crippen molar-refractivity contribution in [2.75, 3.05) is 6.79 Å². The maximum atomic E-state index is 11.7. The molecular formula is C21H24O4S2. The Balaban J connectivity index is 1.74. The Hall–Kier alpha value is -2.05. The van der Waals surface area contributed by atoms with Crippen LogP contribution in [0.15, 0.2) is 48.5 Å². The van der Waals surface area contributed by atoms with Crippen molar-refractivity contribution in [2.24, 2.45) is 5.41 Å². The summed E-state index contributed by atoms with van der Waals surface area (Å²) in [5, 5.41) is 0. The van der Waals surface area contributed by atoms with Crippen LogP contribution in [0.2, 0.25) is 0 Å². The highest BCUT2D eigenvalue weighted by atomic mass is 32.2. The fourth-order valence-electron chi connectivity index (χ4n) is 1.92. The number of benzene rings is 2. The Morgan fingerprint density at radius 2 is 1.59 bits per heavy atom. The maximum absolute atomic E-state index is 11.7. The second kappa shape index (κ2) is 9.76. The Morgan fingerprint density at radius 1 is 1.00 bits per heavy atom. The lowest BCUT2D eigenvalue weighted by Gasteiger charge is -2.16. The van der Waals surface area contributed by atoms with Gasteiger partial charge < -0.3 is 14.2 Å². The molecule has 2 rings (SSSR count). The van der Waals surface area contributed by atoms with Crippen molar-refractivity contribution in [3.05, 3.63) is 59.7 Å². The zero-order valence-electron chi connectivity index (χ0n) is 16.0. The van der Waals surface area contributed by atoms with Gasteiger partial charge in [0.25, 0.3) is 0 Å². The molecule has 0 aliphatic heterocycles. The number of aryl methyl sites for hydroxylation is 1. The molecule has 144 valence electrons.